The van der Waals surface area contributed by atoms with E-state index in [9.17, 15) is 14.0 Å². The number of nitrogens with zero attached hydrogens (tertiary/aromatic N) is 1. The molecule has 0 atom stereocenters. The molecule has 3 rings (SSSR count). The van der Waals surface area contributed by atoms with Crippen molar-refractivity contribution in [2.24, 2.45) is 0 Å². The summed E-state index contributed by atoms with van der Waals surface area (Å²) in [5, 5.41) is 5.27. The van der Waals surface area contributed by atoms with Gasteiger partial charge in [0, 0.05) is 12.7 Å². The Kier molecular flexibility index (Phi) is 5.48. The van der Waals surface area contributed by atoms with E-state index in [4.69, 9.17) is 0 Å². The van der Waals surface area contributed by atoms with Gasteiger partial charge >= 0.3 is 0 Å². The zero-order valence-electron chi connectivity index (χ0n) is 15.0. The number of hydrogen-bond donors (Lipinski definition) is 2. The van der Waals surface area contributed by atoms with Crippen molar-refractivity contribution >= 4 is 50.0 Å². The lowest BCUT2D eigenvalue weighted by Crippen LogP contribution is -2.38. The first-order valence-electron chi connectivity index (χ1n) is 8.18. The predicted octanol–water partition coefficient (Wildman–Crippen LogP) is 4.30. The van der Waals surface area contributed by atoms with E-state index in [0.29, 0.717) is 10.0 Å². The van der Waals surface area contributed by atoms with Gasteiger partial charge in [-0.3, -0.25) is 9.59 Å². The molecule has 2 aromatic carbocycles. The lowest BCUT2D eigenvalue weighted by atomic mass is 10.1. The second-order valence-corrected chi connectivity index (χ2v) is 8.61. The van der Waals surface area contributed by atoms with Gasteiger partial charge in [-0.05, 0) is 55.9 Å². The number of anilines is 1. The maximum absolute atomic E-state index is 14.1. The quantitative estimate of drug-likeness (QED) is 0.622. The van der Waals surface area contributed by atoms with Crippen molar-refractivity contribution in [2.75, 3.05) is 12.4 Å². The zero-order chi connectivity index (χ0) is 19.6. The molecular weight excluding hydrogens is 385 g/mol. The van der Waals surface area contributed by atoms with Gasteiger partial charge < -0.3 is 10.6 Å². The minimum absolute atomic E-state index is 0.0453. The molecule has 0 spiro atoms. The average molecular weight is 404 g/mol. The van der Waals surface area contributed by atoms with Crippen molar-refractivity contribution < 1.29 is 14.0 Å². The number of aromatic nitrogens is 1. The molecule has 0 saturated heterocycles. The van der Waals surface area contributed by atoms with Crippen LogP contribution in [0.2, 0.25) is 0 Å². The van der Waals surface area contributed by atoms with Crippen LogP contribution in [0.4, 0.5) is 10.1 Å². The Morgan fingerprint density at radius 3 is 2.59 bits per heavy atom. The fourth-order valence-corrected chi connectivity index (χ4v) is 4.39. The number of thioether (sulfide) groups is 1. The Bertz CT molecular complexity index is 984. The number of carbonyl (C=O) groups is 2. The third-order valence-corrected chi connectivity index (χ3v) is 6.15. The molecular formula is C19H18FN3O2S2. The van der Waals surface area contributed by atoms with Crippen molar-refractivity contribution in [3.05, 3.63) is 53.8 Å². The van der Waals surface area contributed by atoms with E-state index in [1.54, 1.807) is 19.9 Å². The molecule has 27 heavy (non-hydrogen) atoms. The third kappa shape index (κ3) is 4.28. The summed E-state index contributed by atoms with van der Waals surface area (Å²) in [5.74, 6) is -1.15. The molecule has 8 heteroatoms. The molecule has 140 valence electrons. The predicted molar refractivity (Wildman–Crippen MR) is 108 cm³/mol. The fourth-order valence-electron chi connectivity index (χ4n) is 2.43. The molecule has 0 radical (unpaired) electrons. The van der Waals surface area contributed by atoms with E-state index < -0.39 is 17.3 Å². The second kappa shape index (κ2) is 7.66. The number of nitrogens with one attached hydrogen (secondary N) is 2. The van der Waals surface area contributed by atoms with Crippen molar-refractivity contribution in [3.8, 4) is 0 Å². The van der Waals surface area contributed by atoms with Crippen LogP contribution in [0.25, 0.3) is 10.2 Å². The number of hydrogen-bond acceptors (Lipinski definition) is 6. The van der Waals surface area contributed by atoms with E-state index >= 15 is 0 Å². The van der Waals surface area contributed by atoms with Crippen LogP contribution in [0.15, 0.2) is 46.8 Å². The van der Waals surface area contributed by atoms with E-state index in [2.05, 4.69) is 15.6 Å². The largest absolute Gasteiger partial charge is 0.372 e. The van der Waals surface area contributed by atoms with Crippen molar-refractivity contribution in [1.29, 1.82) is 0 Å². The molecule has 0 bridgehead atoms. The van der Waals surface area contributed by atoms with Crippen LogP contribution >= 0.6 is 23.1 Å². The lowest BCUT2D eigenvalue weighted by molar-refractivity contribution is -0.113. The van der Waals surface area contributed by atoms with Crippen LogP contribution in [0, 0.1) is 5.82 Å². The van der Waals surface area contributed by atoms with Gasteiger partial charge in [-0.1, -0.05) is 12.1 Å². The highest BCUT2D eigenvalue weighted by molar-refractivity contribution is 8.15. The van der Waals surface area contributed by atoms with Gasteiger partial charge in [0.2, 0.25) is 5.12 Å². The smallest absolute Gasteiger partial charge is 0.253 e. The Hall–Kier alpha value is -2.45. The first kappa shape index (κ1) is 19.3. The molecule has 5 nitrogen and oxygen atoms in total. The molecule has 0 aliphatic carbocycles. The van der Waals surface area contributed by atoms with Gasteiger partial charge in [-0.25, -0.2) is 9.37 Å². The number of carbonyl (C=O) groups excluding carboxylic acids is 2. The van der Waals surface area contributed by atoms with E-state index in [1.807, 2.05) is 24.3 Å². The summed E-state index contributed by atoms with van der Waals surface area (Å²) >= 11 is 2.52. The van der Waals surface area contributed by atoms with Crippen LogP contribution in [0.3, 0.4) is 0 Å². The topological polar surface area (TPSA) is 71.1 Å². The first-order valence-corrected chi connectivity index (χ1v) is 9.81. The fraction of sp³-hybridized carbons (Fsp3) is 0.211. The summed E-state index contributed by atoms with van der Waals surface area (Å²) in [6, 6.07) is 11.9. The van der Waals surface area contributed by atoms with Crippen LogP contribution in [0.5, 0.6) is 0 Å². The second-order valence-electron chi connectivity index (χ2n) is 6.36. The standard InChI is InChI=1S/C19H18FN3O2S2/c1-19(2,23-11-8-9-12(13(20)10-11)16(24)21-3)17(25)27-18-22-14-6-4-5-7-15(14)26-18/h4-10,23H,1-3H3,(H,21,24). The molecule has 1 amide bonds. The molecule has 1 aromatic heterocycles. The van der Waals surface area contributed by atoms with Gasteiger partial charge in [0.1, 0.15) is 11.4 Å². The summed E-state index contributed by atoms with van der Waals surface area (Å²) in [6.45, 7) is 3.44. The zero-order valence-corrected chi connectivity index (χ0v) is 16.6. The molecule has 0 fully saturated rings. The van der Waals surface area contributed by atoms with Crippen LogP contribution in [-0.2, 0) is 4.79 Å². The summed E-state index contributed by atoms with van der Waals surface area (Å²) in [7, 11) is 1.44. The number of para-hydroxylation sites is 1. The number of benzene rings is 2. The number of halogens is 1. The van der Waals surface area contributed by atoms with E-state index in [0.717, 1.165) is 22.0 Å². The molecule has 0 unspecified atom stereocenters. The van der Waals surface area contributed by atoms with E-state index in [1.165, 1.54) is 30.5 Å². The average Bonchev–Trinajstić information content (AvgIpc) is 3.03. The third-order valence-electron chi connectivity index (χ3n) is 3.86. The SMILES string of the molecule is CNC(=O)c1ccc(NC(C)(C)C(=O)Sc2nc3ccccc3s2)cc1F. The van der Waals surface area contributed by atoms with Gasteiger partial charge in [-0.15, -0.1) is 11.3 Å². The normalized spacial score (nSPS) is 11.4. The minimum atomic E-state index is -0.955. The Morgan fingerprint density at radius 1 is 1.19 bits per heavy atom. The van der Waals surface area contributed by atoms with Crippen LogP contribution < -0.4 is 10.6 Å². The maximum Gasteiger partial charge on any atom is 0.253 e. The summed E-state index contributed by atoms with van der Waals surface area (Å²) in [4.78, 5) is 28.8. The molecule has 0 saturated carbocycles. The summed E-state index contributed by atoms with van der Waals surface area (Å²) < 4.78 is 15.8. The highest BCUT2D eigenvalue weighted by Crippen LogP contribution is 2.33. The molecule has 0 aliphatic rings. The highest BCUT2D eigenvalue weighted by atomic mass is 32.2. The number of rotatable bonds is 5. The Morgan fingerprint density at radius 2 is 1.93 bits per heavy atom. The van der Waals surface area contributed by atoms with Crippen molar-refractivity contribution in [2.45, 2.75) is 23.7 Å². The first-order chi connectivity index (χ1) is 12.8. The van der Waals surface area contributed by atoms with E-state index in [-0.39, 0.29) is 10.7 Å². The monoisotopic (exact) mass is 403 g/mol. The van der Waals surface area contributed by atoms with Gasteiger partial charge in [0.25, 0.3) is 5.91 Å². The Labute approximate surface area is 164 Å². The minimum Gasteiger partial charge on any atom is -0.372 e. The van der Waals surface area contributed by atoms with Crippen LogP contribution in [-0.4, -0.2) is 28.6 Å². The van der Waals surface area contributed by atoms with Gasteiger partial charge in [0.15, 0.2) is 4.34 Å². The molecule has 3 aromatic rings. The van der Waals surface area contributed by atoms with Gasteiger partial charge in [0.05, 0.1) is 15.8 Å². The molecule has 2 N–H and O–H groups in total. The Balaban J connectivity index is 1.74. The van der Waals surface area contributed by atoms with Crippen LogP contribution in [0.1, 0.15) is 24.2 Å². The van der Waals surface area contributed by atoms with Gasteiger partial charge in [-0.2, -0.15) is 0 Å². The van der Waals surface area contributed by atoms with Crippen molar-refractivity contribution in [3.63, 3.8) is 0 Å². The summed E-state index contributed by atoms with van der Waals surface area (Å²) in [5.41, 5.74) is 0.276. The maximum atomic E-state index is 14.1. The lowest BCUT2D eigenvalue weighted by Gasteiger charge is -2.25. The number of thiazole rings is 1. The highest BCUT2D eigenvalue weighted by Gasteiger charge is 2.29. The molecule has 0 aliphatic heterocycles. The summed E-state index contributed by atoms with van der Waals surface area (Å²) in [6.07, 6.45) is 0. The van der Waals surface area contributed by atoms with Crippen molar-refractivity contribution in [1.82, 2.24) is 10.3 Å². The number of amides is 1. The number of fused-ring (bicyclic) bond motifs is 1. The molecule has 1 heterocycles.